The lowest BCUT2D eigenvalue weighted by molar-refractivity contribution is -0.128. The van der Waals surface area contributed by atoms with E-state index in [0.717, 1.165) is 17.4 Å². The summed E-state index contributed by atoms with van der Waals surface area (Å²) in [5.74, 6) is 0. The second kappa shape index (κ2) is 10.4. The predicted octanol–water partition coefficient (Wildman–Crippen LogP) is 3.52. The number of methoxy groups -OCH3 is 1. The van der Waals surface area contributed by atoms with Crippen molar-refractivity contribution in [2.45, 2.75) is 25.4 Å². The van der Waals surface area contributed by atoms with Crippen LogP contribution in [0, 0.1) is 0 Å². The summed E-state index contributed by atoms with van der Waals surface area (Å²) in [4.78, 5) is 11.5. The first kappa shape index (κ1) is 17.9. The number of carbonyl (C=O) groups excluding carboxylic acids is 1. The number of aldehydes is 1. The van der Waals surface area contributed by atoms with Crippen molar-refractivity contribution in [1.29, 1.82) is 0 Å². The molecule has 126 valence electrons. The molecule has 4 nitrogen and oxygen atoms in total. The zero-order valence-corrected chi connectivity index (χ0v) is 13.7. The van der Waals surface area contributed by atoms with E-state index >= 15 is 0 Å². The van der Waals surface area contributed by atoms with Crippen LogP contribution in [0.3, 0.4) is 0 Å². The number of hydrogen-bond acceptors (Lipinski definition) is 4. The molecule has 0 N–H and O–H groups in total. The Morgan fingerprint density at radius 2 is 1.33 bits per heavy atom. The standard InChI is InChI=1S/C20H22O4/c1-22-13-12-19(23-15-17-8-4-2-5-9-17)20(14-21)24-16-18-10-6-3-7-11-18/h2-14,19-20H,15-16H2,1H3/b13-12+/t19-,20+/m0/s1. The molecule has 0 aromatic heterocycles. The van der Waals surface area contributed by atoms with E-state index in [1.165, 1.54) is 6.26 Å². The van der Waals surface area contributed by atoms with Crippen LogP contribution in [0.4, 0.5) is 0 Å². The van der Waals surface area contributed by atoms with Crippen molar-refractivity contribution in [3.8, 4) is 0 Å². The van der Waals surface area contributed by atoms with Crippen LogP contribution in [-0.2, 0) is 32.2 Å². The van der Waals surface area contributed by atoms with Crippen LogP contribution in [-0.4, -0.2) is 25.6 Å². The zero-order chi connectivity index (χ0) is 17.0. The van der Waals surface area contributed by atoms with Gasteiger partial charge in [-0.1, -0.05) is 60.7 Å². The normalized spacial score (nSPS) is 13.5. The summed E-state index contributed by atoms with van der Waals surface area (Å²) in [6.45, 7) is 0.731. The first-order valence-corrected chi connectivity index (χ1v) is 7.79. The molecule has 0 aliphatic heterocycles. The van der Waals surface area contributed by atoms with E-state index < -0.39 is 12.2 Å². The van der Waals surface area contributed by atoms with E-state index in [2.05, 4.69) is 0 Å². The molecule has 0 heterocycles. The minimum atomic E-state index is -0.708. The summed E-state index contributed by atoms with van der Waals surface area (Å²) >= 11 is 0. The molecule has 0 aliphatic rings. The summed E-state index contributed by atoms with van der Waals surface area (Å²) in [6, 6.07) is 19.5. The molecule has 0 spiro atoms. The molecular formula is C20H22O4. The Labute approximate surface area is 142 Å². The maximum atomic E-state index is 11.5. The van der Waals surface area contributed by atoms with Crippen LogP contribution in [0.1, 0.15) is 11.1 Å². The van der Waals surface area contributed by atoms with E-state index in [1.807, 2.05) is 60.7 Å². The SMILES string of the molecule is CO/C=C/[C@H](OCc1ccccc1)[C@@H](C=O)OCc1ccccc1. The first-order valence-electron chi connectivity index (χ1n) is 7.79. The van der Waals surface area contributed by atoms with Crippen molar-refractivity contribution in [3.63, 3.8) is 0 Å². The van der Waals surface area contributed by atoms with Crippen molar-refractivity contribution >= 4 is 6.29 Å². The third-order valence-corrected chi connectivity index (χ3v) is 3.43. The van der Waals surface area contributed by atoms with Gasteiger partial charge in [0.05, 0.1) is 26.6 Å². The van der Waals surface area contributed by atoms with Gasteiger partial charge in [-0.05, 0) is 17.2 Å². The number of hydrogen-bond donors (Lipinski definition) is 0. The van der Waals surface area contributed by atoms with E-state index in [0.29, 0.717) is 13.2 Å². The maximum absolute atomic E-state index is 11.5. The fourth-order valence-electron chi connectivity index (χ4n) is 2.16. The monoisotopic (exact) mass is 326 g/mol. The molecule has 0 saturated heterocycles. The van der Waals surface area contributed by atoms with Crippen LogP contribution < -0.4 is 0 Å². The molecule has 2 aromatic carbocycles. The lowest BCUT2D eigenvalue weighted by Gasteiger charge is -2.21. The second-order valence-corrected chi connectivity index (χ2v) is 5.22. The Balaban J connectivity index is 1.97. The first-order chi connectivity index (χ1) is 11.8. The van der Waals surface area contributed by atoms with Gasteiger partial charge in [0.25, 0.3) is 0 Å². The quantitative estimate of drug-likeness (QED) is 0.495. The minimum absolute atomic E-state index is 0.344. The fourth-order valence-corrected chi connectivity index (χ4v) is 2.16. The number of benzene rings is 2. The lowest BCUT2D eigenvalue weighted by Crippen LogP contribution is -2.31. The van der Waals surface area contributed by atoms with Gasteiger partial charge in [0, 0.05) is 0 Å². The molecule has 24 heavy (non-hydrogen) atoms. The largest absolute Gasteiger partial charge is 0.505 e. The molecular weight excluding hydrogens is 304 g/mol. The highest BCUT2D eigenvalue weighted by molar-refractivity contribution is 5.57. The molecule has 2 rings (SSSR count). The van der Waals surface area contributed by atoms with Crippen LogP contribution in [0.25, 0.3) is 0 Å². The summed E-state index contributed by atoms with van der Waals surface area (Å²) < 4.78 is 16.5. The summed E-state index contributed by atoms with van der Waals surface area (Å²) in [7, 11) is 1.55. The molecule has 0 unspecified atom stereocenters. The highest BCUT2D eigenvalue weighted by Crippen LogP contribution is 2.12. The highest BCUT2D eigenvalue weighted by Gasteiger charge is 2.20. The Kier molecular flexibility index (Phi) is 7.74. The molecule has 2 aromatic rings. The van der Waals surface area contributed by atoms with Gasteiger partial charge in [0.2, 0.25) is 0 Å². The Morgan fingerprint density at radius 1 is 0.833 bits per heavy atom. The maximum Gasteiger partial charge on any atom is 0.151 e. The summed E-state index contributed by atoms with van der Waals surface area (Å²) in [5, 5.41) is 0. The minimum Gasteiger partial charge on any atom is -0.505 e. The Hall–Kier alpha value is -2.43. The van der Waals surface area contributed by atoms with Gasteiger partial charge in [-0.25, -0.2) is 0 Å². The average Bonchev–Trinajstić information content (AvgIpc) is 2.65. The van der Waals surface area contributed by atoms with Crippen LogP contribution in [0.5, 0.6) is 0 Å². The van der Waals surface area contributed by atoms with Gasteiger partial charge in [0.1, 0.15) is 12.2 Å². The topological polar surface area (TPSA) is 44.8 Å². The van der Waals surface area contributed by atoms with Crippen molar-refractivity contribution in [3.05, 3.63) is 84.1 Å². The van der Waals surface area contributed by atoms with Gasteiger partial charge >= 0.3 is 0 Å². The molecule has 0 amide bonds. The molecule has 0 bridgehead atoms. The van der Waals surface area contributed by atoms with Gasteiger partial charge in [0.15, 0.2) is 6.29 Å². The van der Waals surface area contributed by atoms with Crippen molar-refractivity contribution in [2.24, 2.45) is 0 Å². The van der Waals surface area contributed by atoms with Crippen molar-refractivity contribution in [2.75, 3.05) is 7.11 Å². The van der Waals surface area contributed by atoms with Crippen molar-refractivity contribution < 1.29 is 19.0 Å². The molecule has 0 radical (unpaired) electrons. The molecule has 4 heteroatoms. The number of rotatable bonds is 10. The lowest BCUT2D eigenvalue weighted by atomic mass is 10.2. The van der Waals surface area contributed by atoms with Gasteiger partial charge in [-0.2, -0.15) is 0 Å². The Morgan fingerprint density at radius 3 is 1.79 bits per heavy atom. The summed E-state index contributed by atoms with van der Waals surface area (Å²) in [6.07, 6.45) is 2.72. The van der Waals surface area contributed by atoms with Crippen molar-refractivity contribution in [1.82, 2.24) is 0 Å². The molecule has 0 fully saturated rings. The van der Waals surface area contributed by atoms with Gasteiger partial charge in [-0.15, -0.1) is 0 Å². The smallest absolute Gasteiger partial charge is 0.151 e. The van der Waals surface area contributed by atoms with E-state index in [4.69, 9.17) is 14.2 Å². The number of carbonyl (C=O) groups is 1. The highest BCUT2D eigenvalue weighted by atomic mass is 16.5. The summed E-state index contributed by atoms with van der Waals surface area (Å²) in [5.41, 5.74) is 2.03. The zero-order valence-electron chi connectivity index (χ0n) is 13.7. The van der Waals surface area contributed by atoms with Crippen LogP contribution in [0.2, 0.25) is 0 Å². The van der Waals surface area contributed by atoms with E-state index in [-0.39, 0.29) is 0 Å². The third kappa shape index (κ3) is 5.99. The number of ether oxygens (including phenoxy) is 3. The predicted molar refractivity (Wildman–Crippen MR) is 92.3 cm³/mol. The fraction of sp³-hybridized carbons (Fsp3) is 0.250. The average molecular weight is 326 g/mol. The van der Waals surface area contributed by atoms with E-state index in [1.54, 1.807) is 13.2 Å². The molecule has 0 aliphatic carbocycles. The van der Waals surface area contributed by atoms with Gasteiger partial charge < -0.3 is 19.0 Å². The van der Waals surface area contributed by atoms with E-state index in [9.17, 15) is 4.79 Å². The second-order valence-electron chi connectivity index (χ2n) is 5.22. The van der Waals surface area contributed by atoms with Crippen LogP contribution in [0.15, 0.2) is 73.0 Å². The third-order valence-electron chi connectivity index (χ3n) is 3.43. The Bertz CT molecular complexity index is 610. The van der Waals surface area contributed by atoms with Gasteiger partial charge in [-0.3, -0.25) is 0 Å². The molecule has 2 atom stereocenters. The molecule has 0 saturated carbocycles. The van der Waals surface area contributed by atoms with Crippen LogP contribution >= 0.6 is 0 Å².